The first-order valence-corrected chi connectivity index (χ1v) is 11.3. The summed E-state index contributed by atoms with van der Waals surface area (Å²) in [6.45, 7) is 9.50. The molecular weight excluding hydrogens is 418 g/mol. The third kappa shape index (κ3) is 3.27. The number of rotatable bonds is 5. The zero-order valence-corrected chi connectivity index (χ0v) is 19.7. The average molecular weight is 448 g/mol. The number of hydrogen-bond donors (Lipinski definition) is 0. The van der Waals surface area contributed by atoms with E-state index in [1.165, 1.54) is 0 Å². The van der Waals surface area contributed by atoms with E-state index in [0.717, 1.165) is 16.7 Å². The van der Waals surface area contributed by atoms with Gasteiger partial charge in [0.05, 0.1) is 13.2 Å². The van der Waals surface area contributed by atoms with Gasteiger partial charge >= 0.3 is 11.9 Å². The molecular formula is C27H29NO5. The SMILES string of the molecule is CCOC(=O)C1=C(C(=O)OCC)N2C(C)(C)Cc3ccc(C)cc3C2(c2ccccc2)C1=O. The Balaban J connectivity index is 2.14. The molecule has 1 unspecified atom stereocenters. The van der Waals surface area contributed by atoms with E-state index in [-0.39, 0.29) is 24.5 Å². The number of aryl methyl sites for hydroxylation is 1. The molecule has 0 aliphatic carbocycles. The van der Waals surface area contributed by atoms with E-state index in [2.05, 4.69) is 0 Å². The van der Waals surface area contributed by atoms with Crippen LogP contribution in [-0.2, 0) is 35.8 Å². The molecule has 33 heavy (non-hydrogen) atoms. The van der Waals surface area contributed by atoms with Crippen LogP contribution in [0.25, 0.3) is 0 Å². The molecule has 0 spiro atoms. The van der Waals surface area contributed by atoms with E-state index < -0.39 is 28.8 Å². The molecule has 0 saturated carbocycles. The summed E-state index contributed by atoms with van der Waals surface area (Å²) in [6, 6.07) is 15.4. The van der Waals surface area contributed by atoms with Gasteiger partial charge < -0.3 is 14.4 Å². The molecule has 0 radical (unpaired) electrons. The Kier molecular flexibility index (Phi) is 5.64. The molecule has 2 aromatic rings. The molecule has 2 heterocycles. The molecule has 0 fully saturated rings. The van der Waals surface area contributed by atoms with Crippen molar-refractivity contribution in [1.29, 1.82) is 0 Å². The van der Waals surface area contributed by atoms with Crippen molar-refractivity contribution in [3.05, 3.63) is 82.1 Å². The van der Waals surface area contributed by atoms with Gasteiger partial charge in [-0.15, -0.1) is 0 Å². The normalized spacial score (nSPS) is 20.9. The van der Waals surface area contributed by atoms with Crippen molar-refractivity contribution in [2.75, 3.05) is 13.2 Å². The number of ether oxygens (including phenoxy) is 2. The number of benzene rings is 2. The second kappa shape index (κ2) is 8.18. The molecule has 0 saturated heterocycles. The van der Waals surface area contributed by atoms with Gasteiger partial charge in [0.1, 0.15) is 11.3 Å². The van der Waals surface area contributed by atoms with Crippen LogP contribution in [0.5, 0.6) is 0 Å². The fourth-order valence-electron chi connectivity index (χ4n) is 5.28. The summed E-state index contributed by atoms with van der Waals surface area (Å²) < 4.78 is 10.6. The van der Waals surface area contributed by atoms with Crippen molar-refractivity contribution in [1.82, 2.24) is 4.90 Å². The Morgan fingerprint density at radius 3 is 2.24 bits per heavy atom. The monoisotopic (exact) mass is 447 g/mol. The van der Waals surface area contributed by atoms with Crippen LogP contribution in [0.2, 0.25) is 0 Å². The minimum absolute atomic E-state index is 0.0266. The highest BCUT2D eigenvalue weighted by Crippen LogP contribution is 2.55. The molecule has 2 aromatic carbocycles. The van der Waals surface area contributed by atoms with Crippen molar-refractivity contribution >= 4 is 17.7 Å². The molecule has 2 aliphatic heterocycles. The molecule has 4 rings (SSSR count). The molecule has 172 valence electrons. The van der Waals surface area contributed by atoms with Crippen LogP contribution in [0, 0.1) is 6.92 Å². The molecule has 0 bridgehead atoms. The van der Waals surface area contributed by atoms with E-state index in [1.807, 2.05) is 74.2 Å². The Bertz CT molecular complexity index is 1160. The molecule has 6 heteroatoms. The van der Waals surface area contributed by atoms with Gasteiger partial charge in [0.25, 0.3) is 0 Å². The zero-order chi connectivity index (χ0) is 24.0. The largest absolute Gasteiger partial charge is 0.462 e. The minimum Gasteiger partial charge on any atom is -0.462 e. The summed E-state index contributed by atoms with van der Waals surface area (Å²) >= 11 is 0. The topological polar surface area (TPSA) is 72.9 Å². The minimum atomic E-state index is -1.38. The standard InChI is InChI=1S/C27H29NO5/c1-6-32-24(30)21-22(25(31)33-7-2)28-26(4,5)16-18-14-13-17(3)15-20(18)27(28,23(21)29)19-11-9-8-10-12-19/h8-15H,6-7,16H2,1-5H3. The van der Waals surface area contributed by atoms with Crippen LogP contribution in [-0.4, -0.2) is 41.4 Å². The van der Waals surface area contributed by atoms with Crippen LogP contribution in [0.1, 0.15) is 49.9 Å². The summed E-state index contributed by atoms with van der Waals surface area (Å²) in [6.07, 6.45) is 0.587. The highest BCUT2D eigenvalue weighted by molar-refractivity contribution is 6.28. The highest BCUT2D eigenvalue weighted by Gasteiger charge is 2.64. The summed E-state index contributed by atoms with van der Waals surface area (Å²) in [7, 11) is 0. The number of esters is 2. The Morgan fingerprint density at radius 2 is 1.61 bits per heavy atom. The third-order valence-electron chi connectivity index (χ3n) is 6.37. The maximum Gasteiger partial charge on any atom is 0.355 e. The molecule has 0 aromatic heterocycles. The Hall–Kier alpha value is -3.41. The van der Waals surface area contributed by atoms with Crippen LogP contribution in [0.3, 0.4) is 0 Å². The zero-order valence-electron chi connectivity index (χ0n) is 19.7. The van der Waals surface area contributed by atoms with E-state index in [0.29, 0.717) is 12.0 Å². The van der Waals surface area contributed by atoms with Gasteiger partial charge in [-0.05, 0) is 57.7 Å². The second-order valence-corrected chi connectivity index (χ2v) is 9.06. The second-order valence-electron chi connectivity index (χ2n) is 9.06. The molecule has 0 N–H and O–H groups in total. The summed E-state index contributed by atoms with van der Waals surface area (Å²) in [5.41, 5.74) is 1.13. The van der Waals surface area contributed by atoms with Gasteiger partial charge in [-0.1, -0.05) is 54.1 Å². The number of hydrogen-bond acceptors (Lipinski definition) is 6. The average Bonchev–Trinajstić information content (AvgIpc) is 3.07. The molecule has 1 atom stereocenters. The van der Waals surface area contributed by atoms with Crippen molar-refractivity contribution in [2.45, 2.75) is 52.1 Å². The number of nitrogens with zero attached hydrogens (tertiary/aromatic N) is 1. The molecule has 2 aliphatic rings. The number of fused-ring (bicyclic) bond motifs is 3. The van der Waals surface area contributed by atoms with Crippen LogP contribution in [0.15, 0.2) is 59.8 Å². The fourth-order valence-corrected chi connectivity index (χ4v) is 5.28. The third-order valence-corrected chi connectivity index (χ3v) is 6.37. The number of carbonyl (C=O) groups excluding carboxylic acids is 3. The smallest absolute Gasteiger partial charge is 0.355 e. The summed E-state index contributed by atoms with van der Waals surface area (Å²) in [4.78, 5) is 42.7. The number of Topliss-reactive ketones (excluding diaryl/α,β-unsaturated/α-hetero) is 1. The van der Waals surface area contributed by atoms with Crippen LogP contribution < -0.4 is 0 Å². The first-order valence-electron chi connectivity index (χ1n) is 11.3. The first-order chi connectivity index (χ1) is 15.7. The van der Waals surface area contributed by atoms with Crippen molar-refractivity contribution < 1.29 is 23.9 Å². The maximum absolute atomic E-state index is 14.5. The Labute approximate surface area is 194 Å². The fraction of sp³-hybridized carbons (Fsp3) is 0.370. The van der Waals surface area contributed by atoms with Crippen LogP contribution in [0.4, 0.5) is 0 Å². The quantitative estimate of drug-likeness (QED) is 0.512. The number of ketones is 1. The summed E-state index contributed by atoms with van der Waals surface area (Å²) in [5, 5.41) is 0. The van der Waals surface area contributed by atoms with Crippen LogP contribution >= 0.6 is 0 Å². The molecule has 6 nitrogen and oxygen atoms in total. The Morgan fingerprint density at radius 1 is 0.970 bits per heavy atom. The van der Waals surface area contributed by atoms with Gasteiger partial charge in [-0.3, -0.25) is 4.79 Å². The lowest BCUT2D eigenvalue weighted by molar-refractivity contribution is -0.143. The number of carbonyl (C=O) groups is 3. The first kappa shape index (κ1) is 22.8. The van der Waals surface area contributed by atoms with Gasteiger partial charge in [0, 0.05) is 5.54 Å². The van der Waals surface area contributed by atoms with Crippen molar-refractivity contribution in [3.63, 3.8) is 0 Å². The highest BCUT2D eigenvalue weighted by atomic mass is 16.5. The van der Waals surface area contributed by atoms with Gasteiger partial charge in [-0.2, -0.15) is 0 Å². The predicted molar refractivity (Wildman–Crippen MR) is 123 cm³/mol. The van der Waals surface area contributed by atoms with E-state index in [9.17, 15) is 14.4 Å². The lowest BCUT2D eigenvalue weighted by Gasteiger charge is -2.54. The van der Waals surface area contributed by atoms with E-state index in [1.54, 1.807) is 13.8 Å². The van der Waals surface area contributed by atoms with Crippen molar-refractivity contribution in [3.8, 4) is 0 Å². The van der Waals surface area contributed by atoms with Gasteiger partial charge in [0.15, 0.2) is 5.54 Å². The van der Waals surface area contributed by atoms with Gasteiger partial charge in [0.2, 0.25) is 5.78 Å². The lowest BCUT2D eigenvalue weighted by atomic mass is 9.69. The lowest BCUT2D eigenvalue weighted by Crippen LogP contribution is -2.61. The summed E-state index contributed by atoms with van der Waals surface area (Å²) in [5.74, 6) is -1.97. The van der Waals surface area contributed by atoms with E-state index >= 15 is 0 Å². The maximum atomic E-state index is 14.5. The predicted octanol–water partition coefficient (Wildman–Crippen LogP) is 3.84. The van der Waals surface area contributed by atoms with Gasteiger partial charge in [-0.25, -0.2) is 9.59 Å². The molecule has 0 amide bonds. The van der Waals surface area contributed by atoms with Crippen molar-refractivity contribution in [2.24, 2.45) is 0 Å². The van der Waals surface area contributed by atoms with E-state index in [4.69, 9.17) is 9.47 Å².